The molecule has 8 heteroatoms. The van der Waals surface area contributed by atoms with Crippen LogP contribution < -0.4 is 10.7 Å². The van der Waals surface area contributed by atoms with Gasteiger partial charge in [0.15, 0.2) is 17.3 Å². The fraction of sp³-hybridized carbons (Fsp3) is 0.400. The molecule has 7 nitrogen and oxygen atoms in total. The molecule has 0 radical (unpaired) electrons. The van der Waals surface area contributed by atoms with Gasteiger partial charge in [0.25, 0.3) is 0 Å². The van der Waals surface area contributed by atoms with Crippen molar-refractivity contribution in [3.63, 3.8) is 0 Å². The molecule has 0 aromatic carbocycles. The van der Waals surface area contributed by atoms with E-state index in [1.54, 1.807) is 0 Å². The number of pyridine rings is 1. The van der Waals surface area contributed by atoms with E-state index < -0.39 is 41.3 Å². The number of nitrogens with two attached hydrogens (primary N) is 1. The quantitative estimate of drug-likeness (QED) is 0.828. The van der Waals surface area contributed by atoms with Crippen molar-refractivity contribution in [2.75, 3.05) is 5.01 Å². The molecule has 120 valence electrons. The van der Waals surface area contributed by atoms with E-state index in [1.165, 1.54) is 24.5 Å². The lowest BCUT2D eigenvalue weighted by molar-refractivity contribution is -0.123. The number of rotatable bonds is 2. The van der Waals surface area contributed by atoms with E-state index in [1.807, 2.05) is 0 Å². The van der Waals surface area contributed by atoms with Crippen LogP contribution in [0.5, 0.6) is 0 Å². The first-order valence-electron chi connectivity index (χ1n) is 7.31. The van der Waals surface area contributed by atoms with Gasteiger partial charge >= 0.3 is 6.03 Å². The Hall–Kier alpha value is -2.64. The zero-order chi connectivity index (χ0) is 16.6. The summed E-state index contributed by atoms with van der Waals surface area (Å²) in [4.78, 5) is 40.2. The average molecular weight is 318 g/mol. The number of nitrogens with zero attached hydrogens (tertiary/aromatic N) is 3. The first-order valence-corrected chi connectivity index (χ1v) is 7.31. The number of ketones is 2. The van der Waals surface area contributed by atoms with E-state index in [4.69, 9.17) is 5.73 Å². The van der Waals surface area contributed by atoms with Crippen molar-refractivity contribution < 1.29 is 18.8 Å². The number of carbonyl (C=O) groups is 3. The fourth-order valence-corrected chi connectivity index (χ4v) is 3.16. The number of urea groups is 1. The molecule has 2 amide bonds. The van der Waals surface area contributed by atoms with E-state index in [9.17, 15) is 18.8 Å². The number of hydrogen-bond acceptors (Lipinski definition) is 5. The molecule has 3 unspecified atom stereocenters. The van der Waals surface area contributed by atoms with E-state index in [-0.39, 0.29) is 12.1 Å². The third kappa shape index (κ3) is 2.60. The molecule has 0 aliphatic heterocycles. The number of alkyl halides is 1. The molecule has 23 heavy (non-hydrogen) atoms. The Bertz CT molecular complexity index is 691. The van der Waals surface area contributed by atoms with Gasteiger partial charge in [0.1, 0.15) is 6.17 Å². The summed E-state index contributed by atoms with van der Waals surface area (Å²) in [5.41, 5.74) is 5.14. The molecule has 0 bridgehead atoms. The Morgan fingerprint density at radius 2 is 1.96 bits per heavy atom. The highest BCUT2D eigenvalue weighted by atomic mass is 19.1. The first-order chi connectivity index (χ1) is 11.0. The molecule has 1 heterocycles. The summed E-state index contributed by atoms with van der Waals surface area (Å²) in [6, 6.07) is 1.98. The summed E-state index contributed by atoms with van der Waals surface area (Å²) in [5, 5.41) is 4.61. The first kappa shape index (κ1) is 15.3. The number of carbonyl (C=O) groups excluding carboxylic acids is 3. The van der Waals surface area contributed by atoms with Gasteiger partial charge < -0.3 is 5.73 Å². The van der Waals surface area contributed by atoms with Crippen LogP contribution in [0, 0.1) is 11.8 Å². The van der Waals surface area contributed by atoms with Gasteiger partial charge in [0, 0.05) is 18.3 Å². The van der Waals surface area contributed by atoms with Gasteiger partial charge in [-0.1, -0.05) is 0 Å². The maximum atomic E-state index is 14.0. The number of anilines is 1. The van der Waals surface area contributed by atoms with Crippen LogP contribution in [0.2, 0.25) is 0 Å². The lowest BCUT2D eigenvalue weighted by Gasteiger charge is -2.25. The monoisotopic (exact) mass is 318 g/mol. The minimum atomic E-state index is -1.35. The van der Waals surface area contributed by atoms with Gasteiger partial charge in [-0.15, -0.1) is 0 Å². The molecule has 2 N–H and O–H groups in total. The summed E-state index contributed by atoms with van der Waals surface area (Å²) >= 11 is 0. The van der Waals surface area contributed by atoms with Crippen molar-refractivity contribution >= 4 is 29.0 Å². The van der Waals surface area contributed by atoms with Gasteiger partial charge in [-0.05, 0) is 31.4 Å². The van der Waals surface area contributed by atoms with Crippen molar-refractivity contribution in [2.45, 2.75) is 25.4 Å². The highest BCUT2D eigenvalue weighted by molar-refractivity contribution is 6.70. The van der Waals surface area contributed by atoms with Crippen molar-refractivity contribution in [3.8, 4) is 0 Å². The number of aromatic nitrogens is 1. The second-order valence-electron chi connectivity index (χ2n) is 5.61. The third-order valence-corrected chi connectivity index (χ3v) is 4.24. The van der Waals surface area contributed by atoms with E-state index >= 15 is 0 Å². The molecule has 0 saturated heterocycles. The molecule has 3 atom stereocenters. The molecule has 2 aliphatic rings. The van der Waals surface area contributed by atoms with Gasteiger partial charge in [-0.2, -0.15) is 10.1 Å². The highest BCUT2D eigenvalue weighted by Gasteiger charge is 2.52. The van der Waals surface area contributed by atoms with Crippen LogP contribution in [0.3, 0.4) is 0 Å². The van der Waals surface area contributed by atoms with E-state index in [2.05, 4.69) is 10.1 Å². The Morgan fingerprint density at radius 1 is 1.26 bits per heavy atom. The lowest BCUT2D eigenvalue weighted by Crippen LogP contribution is -2.34. The highest BCUT2D eigenvalue weighted by Crippen LogP contribution is 2.39. The molecular weight excluding hydrogens is 303 g/mol. The number of hydrazone groups is 1. The largest absolute Gasteiger partial charge is 0.350 e. The van der Waals surface area contributed by atoms with Crippen LogP contribution in [0.25, 0.3) is 0 Å². The number of primary amides is 1. The summed E-state index contributed by atoms with van der Waals surface area (Å²) < 4.78 is 14.0. The van der Waals surface area contributed by atoms with Crippen LogP contribution in [0.1, 0.15) is 19.3 Å². The van der Waals surface area contributed by atoms with Gasteiger partial charge in [0.05, 0.1) is 11.6 Å². The zero-order valence-electron chi connectivity index (χ0n) is 12.2. The lowest BCUT2D eigenvalue weighted by atomic mass is 9.80. The second-order valence-corrected chi connectivity index (χ2v) is 5.61. The number of Topliss-reactive ketones (excluding diaryl/α,β-unsaturated/α-hetero) is 2. The Labute approximate surface area is 131 Å². The van der Waals surface area contributed by atoms with Gasteiger partial charge in [-0.3, -0.25) is 14.6 Å². The van der Waals surface area contributed by atoms with Crippen molar-refractivity contribution in [1.29, 1.82) is 0 Å². The maximum absolute atomic E-state index is 14.0. The topological polar surface area (TPSA) is 106 Å². The predicted molar refractivity (Wildman–Crippen MR) is 79.5 cm³/mol. The number of fused-ring (bicyclic) bond motifs is 1. The molecule has 1 aromatic heterocycles. The molecule has 3 rings (SSSR count). The van der Waals surface area contributed by atoms with E-state index in [0.717, 1.165) is 5.01 Å². The van der Waals surface area contributed by atoms with Crippen LogP contribution in [-0.2, 0) is 9.59 Å². The second kappa shape index (κ2) is 5.86. The number of amides is 2. The Morgan fingerprint density at radius 3 is 2.57 bits per heavy atom. The molecule has 2 aliphatic carbocycles. The third-order valence-electron chi connectivity index (χ3n) is 4.24. The Balaban J connectivity index is 1.98. The number of hydrogen-bond donors (Lipinski definition) is 1. The van der Waals surface area contributed by atoms with E-state index in [0.29, 0.717) is 12.8 Å². The molecular formula is C15H15FN4O3. The zero-order valence-corrected chi connectivity index (χ0v) is 12.2. The Kier molecular flexibility index (Phi) is 3.89. The van der Waals surface area contributed by atoms with Crippen molar-refractivity contribution in [3.05, 3.63) is 24.5 Å². The smallest absolute Gasteiger partial charge is 0.340 e. The normalized spacial score (nSPS) is 28.7. The van der Waals surface area contributed by atoms with Gasteiger partial charge in [-0.25, -0.2) is 9.18 Å². The van der Waals surface area contributed by atoms with Crippen LogP contribution in [-0.4, -0.2) is 34.5 Å². The van der Waals surface area contributed by atoms with Crippen LogP contribution in [0.4, 0.5) is 14.9 Å². The van der Waals surface area contributed by atoms with Crippen LogP contribution in [0.15, 0.2) is 29.6 Å². The standard InChI is InChI=1S/C15H15FN4O3/c16-10-3-1-2-9-11(10)14(22)12(13(9)21)19-20(15(17)23)8-4-6-18-7-5-8/h4-7,9-11H,1-3H2,(H2,17,23)/b19-12-. The van der Waals surface area contributed by atoms with Gasteiger partial charge in [0.2, 0.25) is 0 Å². The minimum Gasteiger partial charge on any atom is -0.350 e. The molecule has 1 aromatic rings. The SMILES string of the molecule is NC(=O)N(/N=C1/C(=O)C2CCCC(F)C2C1=O)c1ccncc1. The summed E-state index contributed by atoms with van der Waals surface area (Å²) in [7, 11) is 0. The fourth-order valence-electron chi connectivity index (χ4n) is 3.16. The van der Waals surface area contributed by atoms with Crippen molar-refractivity contribution in [1.82, 2.24) is 4.98 Å². The predicted octanol–water partition coefficient (Wildman–Crippen LogP) is 1.23. The molecule has 2 saturated carbocycles. The number of halogens is 1. The minimum absolute atomic E-state index is 0.261. The van der Waals surface area contributed by atoms with Crippen molar-refractivity contribution in [2.24, 2.45) is 22.7 Å². The van der Waals surface area contributed by atoms with Crippen LogP contribution >= 0.6 is 0 Å². The summed E-state index contributed by atoms with van der Waals surface area (Å²) in [6.45, 7) is 0. The molecule has 0 spiro atoms. The average Bonchev–Trinajstić information content (AvgIpc) is 2.78. The molecule has 2 fully saturated rings. The summed E-state index contributed by atoms with van der Waals surface area (Å²) in [5.74, 6) is -2.82. The maximum Gasteiger partial charge on any atom is 0.340 e. The summed E-state index contributed by atoms with van der Waals surface area (Å²) in [6.07, 6.45) is 2.76.